The van der Waals surface area contributed by atoms with Gasteiger partial charge in [-0.3, -0.25) is 10.1 Å². The van der Waals surface area contributed by atoms with Crippen LogP contribution < -0.4 is 0 Å². The molecule has 0 amide bonds. The molecule has 0 bridgehead atoms. The fraction of sp³-hybridized carbons (Fsp3) is 0.111. The molecular formula is C9H8ClN3. The third-order valence-electron chi connectivity index (χ3n) is 1.84. The Morgan fingerprint density at radius 3 is 3.00 bits per heavy atom. The summed E-state index contributed by atoms with van der Waals surface area (Å²) in [6.07, 6.45) is 3.34. The van der Waals surface area contributed by atoms with E-state index in [4.69, 9.17) is 11.6 Å². The second-order valence-electron chi connectivity index (χ2n) is 2.76. The minimum absolute atomic E-state index is 0.634. The highest BCUT2D eigenvalue weighted by Crippen LogP contribution is 2.22. The average molecular weight is 194 g/mol. The molecule has 66 valence electrons. The predicted octanol–water partition coefficient (Wildman–Crippen LogP) is 2.43. The standard InChI is InChI=1S/C9H8ClN3/c1-6-8(4-7(10)5-11-6)9-2-3-12-13-9/h2-5H,1H3,(H,12,13). The first kappa shape index (κ1) is 8.26. The number of aryl methyl sites for hydroxylation is 1. The maximum atomic E-state index is 5.84. The molecule has 0 saturated carbocycles. The van der Waals surface area contributed by atoms with Gasteiger partial charge < -0.3 is 0 Å². The van der Waals surface area contributed by atoms with Crippen LogP contribution in [0.15, 0.2) is 24.5 Å². The van der Waals surface area contributed by atoms with Gasteiger partial charge in [0.1, 0.15) is 0 Å². The normalized spacial score (nSPS) is 10.3. The first-order valence-corrected chi connectivity index (χ1v) is 4.27. The van der Waals surface area contributed by atoms with E-state index in [0.29, 0.717) is 5.02 Å². The highest BCUT2D eigenvalue weighted by molar-refractivity contribution is 6.30. The Kier molecular flexibility index (Phi) is 2.02. The number of aromatic amines is 1. The van der Waals surface area contributed by atoms with Gasteiger partial charge in [-0.15, -0.1) is 0 Å². The Morgan fingerprint density at radius 1 is 1.46 bits per heavy atom. The van der Waals surface area contributed by atoms with E-state index < -0.39 is 0 Å². The van der Waals surface area contributed by atoms with E-state index in [1.165, 1.54) is 0 Å². The molecule has 0 aliphatic carbocycles. The molecule has 0 radical (unpaired) electrons. The molecule has 0 unspecified atom stereocenters. The number of aromatic nitrogens is 3. The Morgan fingerprint density at radius 2 is 2.31 bits per heavy atom. The molecule has 0 atom stereocenters. The summed E-state index contributed by atoms with van der Waals surface area (Å²) >= 11 is 5.84. The van der Waals surface area contributed by atoms with E-state index >= 15 is 0 Å². The highest BCUT2D eigenvalue weighted by Gasteiger charge is 2.04. The van der Waals surface area contributed by atoms with Crippen LogP contribution in [0, 0.1) is 6.92 Å². The smallest absolute Gasteiger partial charge is 0.0668 e. The quantitative estimate of drug-likeness (QED) is 0.756. The largest absolute Gasteiger partial charge is 0.278 e. The van der Waals surface area contributed by atoms with Crippen molar-refractivity contribution in [2.45, 2.75) is 6.92 Å². The van der Waals surface area contributed by atoms with Gasteiger partial charge in [0.15, 0.2) is 0 Å². The van der Waals surface area contributed by atoms with Gasteiger partial charge in [0, 0.05) is 23.7 Å². The van der Waals surface area contributed by atoms with Gasteiger partial charge in [0.05, 0.1) is 10.7 Å². The molecular weight excluding hydrogens is 186 g/mol. The third-order valence-corrected chi connectivity index (χ3v) is 2.05. The lowest BCUT2D eigenvalue weighted by molar-refractivity contribution is 1.09. The molecule has 2 aromatic rings. The van der Waals surface area contributed by atoms with Gasteiger partial charge in [0.25, 0.3) is 0 Å². The first-order chi connectivity index (χ1) is 6.27. The molecule has 0 aliphatic heterocycles. The van der Waals surface area contributed by atoms with Crippen LogP contribution in [0.2, 0.25) is 5.02 Å². The van der Waals surface area contributed by atoms with Crippen molar-refractivity contribution in [2.24, 2.45) is 0 Å². The van der Waals surface area contributed by atoms with Crippen LogP contribution in [-0.2, 0) is 0 Å². The monoisotopic (exact) mass is 193 g/mol. The Hall–Kier alpha value is -1.35. The number of nitrogens with one attached hydrogen (secondary N) is 1. The zero-order valence-electron chi connectivity index (χ0n) is 7.08. The number of nitrogens with zero attached hydrogens (tertiary/aromatic N) is 2. The maximum Gasteiger partial charge on any atom is 0.0668 e. The minimum atomic E-state index is 0.634. The fourth-order valence-corrected chi connectivity index (χ4v) is 1.34. The van der Waals surface area contributed by atoms with E-state index in [-0.39, 0.29) is 0 Å². The lowest BCUT2D eigenvalue weighted by Crippen LogP contribution is -1.87. The van der Waals surface area contributed by atoms with Gasteiger partial charge in [0.2, 0.25) is 0 Å². The van der Waals surface area contributed by atoms with Gasteiger partial charge in [-0.25, -0.2) is 0 Å². The zero-order chi connectivity index (χ0) is 9.26. The summed E-state index contributed by atoms with van der Waals surface area (Å²) < 4.78 is 0. The number of halogens is 1. The van der Waals surface area contributed by atoms with Gasteiger partial charge >= 0.3 is 0 Å². The molecule has 4 heteroatoms. The van der Waals surface area contributed by atoms with Crippen molar-refractivity contribution in [1.82, 2.24) is 15.2 Å². The van der Waals surface area contributed by atoms with Crippen LogP contribution in [0.25, 0.3) is 11.3 Å². The van der Waals surface area contributed by atoms with E-state index in [2.05, 4.69) is 15.2 Å². The number of hydrogen-bond acceptors (Lipinski definition) is 2. The molecule has 2 rings (SSSR count). The second kappa shape index (κ2) is 3.18. The van der Waals surface area contributed by atoms with Crippen LogP contribution in [0.5, 0.6) is 0 Å². The zero-order valence-corrected chi connectivity index (χ0v) is 7.84. The summed E-state index contributed by atoms with van der Waals surface area (Å²) in [7, 11) is 0. The van der Waals surface area contributed by atoms with E-state index in [1.807, 2.05) is 19.1 Å². The number of pyridine rings is 1. The molecule has 3 nitrogen and oxygen atoms in total. The van der Waals surface area contributed by atoms with Crippen LogP contribution >= 0.6 is 11.6 Å². The van der Waals surface area contributed by atoms with Crippen molar-refractivity contribution in [1.29, 1.82) is 0 Å². The Balaban J connectivity index is 2.57. The summed E-state index contributed by atoms with van der Waals surface area (Å²) in [5.41, 5.74) is 2.87. The summed E-state index contributed by atoms with van der Waals surface area (Å²) in [5, 5.41) is 7.38. The van der Waals surface area contributed by atoms with Crippen molar-refractivity contribution >= 4 is 11.6 Å². The minimum Gasteiger partial charge on any atom is -0.278 e. The lowest BCUT2D eigenvalue weighted by Gasteiger charge is -2.01. The maximum absolute atomic E-state index is 5.84. The average Bonchev–Trinajstić information content (AvgIpc) is 2.61. The molecule has 0 fully saturated rings. The first-order valence-electron chi connectivity index (χ1n) is 3.89. The Bertz CT molecular complexity index is 409. The number of hydrogen-bond donors (Lipinski definition) is 1. The fourth-order valence-electron chi connectivity index (χ4n) is 1.19. The predicted molar refractivity (Wildman–Crippen MR) is 51.6 cm³/mol. The summed E-state index contributed by atoms with van der Waals surface area (Å²) in [5.74, 6) is 0. The summed E-state index contributed by atoms with van der Waals surface area (Å²) in [6, 6.07) is 3.76. The molecule has 1 N–H and O–H groups in total. The molecule has 0 spiro atoms. The van der Waals surface area contributed by atoms with Gasteiger partial charge in [-0.05, 0) is 19.1 Å². The van der Waals surface area contributed by atoms with E-state index in [1.54, 1.807) is 12.4 Å². The number of rotatable bonds is 1. The van der Waals surface area contributed by atoms with Gasteiger partial charge in [-0.1, -0.05) is 11.6 Å². The highest BCUT2D eigenvalue weighted by atomic mass is 35.5. The van der Waals surface area contributed by atoms with Crippen molar-refractivity contribution < 1.29 is 0 Å². The Labute approximate surface area is 80.8 Å². The van der Waals surface area contributed by atoms with Crippen LogP contribution in [0.3, 0.4) is 0 Å². The molecule has 0 aliphatic rings. The van der Waals surface area contributed by atoms with Crippen LogP contribution in [0.4, 0.5) is 0 Å². The lowest BCUT2D eigenvalue weighted by atomic mass is 10.1. The van der Waals surface area contributed by atoms with E-state index in [9.17, 15) is 0 Å². The SMILES string of the molecule is Cc1ncc(Cl)cc1-c1ccn[nH]1. The number of H-pyrrole nitrogens is 1. The summed E-state index contributed by atoms with van der Waals surface area (Å²) in [4.78, 5) is 4.15. The van der Waals surface area contributed by atoms with Crippen molar-refractivity contribution in [3.63, 3.8) is 0 Å². The van der Waals surface area contributed by atoms with Crippen molar-refractivity contribution in [2.75, 3.05) is 0 Å². The van der Waals surface area contributed by atoms with Gasteiger partial charge in [-0.2, -0.15) is 5.10 Å². The molecule has 0 saturated heterocycles. The molecule has 2 aromatic heterocycles. The van der Waals surface area contributed by atoms with Crippen molar-refractivity contribution in [3.05, 3.63) is 35.2 Å². The van der Waals surface area contributed by atoms with Crippen molar-refractivity contribution in [3.8, 4) is 11.3 Å². The molecule has 2 heterocycles. The topological polar surface area (TPSA) is 41.6 Å². The summed E-state index contributed by atoms with van der Waals surface area (Å²) in [6.45, 7) is 1.94. The van der Waals surface area contributed by atoms with Crippen LogP contribution in [0.1, 0.15) is 5.69 Å². The molecule has 0 aromatic carbocycles. The second-order valence-corrected chi connectivity index (χ2v) is 3.19. The molecule has 13 heavy (non-hydrogen) atoms. The third kappa shape index (κ3) is 1.55. The van der Waals surface area contributed by atoms with Crippen LogP contribution in [-0.4, -0.2) is 15.2 Å². The van der Waals surface area contributed by atoms with E-state index in [0.717, 1.165) is 17.0 Å².